The molecule has 5 nitrogen and oxygen atoms in total. The van der Waals surface area contributed by atoms with Crippen molar-refractivity contribution in [2.75, 3.05) is 33.3 Å². The number of nitrogens with zero attached hydrogens (tertiary/aromatic N) is 2. The first-order valence-electron chi connectivity index (χ1n) is 8.43. The van der Waals surface area contributed by atoms with Gasteiger partial charge in [0.05, 0.1) is 19.1 Å². The summed E-state index contributed by atoms with van der Waals surface area (Å²) in [6.45, 7) is 4.26. The van der Waals surface area contributed by atoms with Gasteiger partial charge in [0, 0.05) is 38.3 Å². The summed E-state index contributed by atoms with van der Waals surface area (Å²) in [7, 11) is 1.43. The van der Waals surface area contributed by atoms with Gasteiger partial charge in [0.25, 0.3) is 0 Å². The molecular weight excluding hydrogens is 268 g/mol. The van der Waals surface area contributed by atoms with Crippen molar-refractivity contribution in [3.05, 3.63) is 0 Å². The lowest BCUT2D eigenvalue weighted by Crippen LogP contribution is -2.54. The Kier molecular flexibility index (Phi) is 4.82. The number of methoxy groups -OCH3 is 1. The molecule has 3 atom stereocenters. The Hall–Kier alpha value is -0.650. The largest absolute Gasteiger partial charge is 0.469 e. The highest BCUT2D eigenvalue weighted by Crippen LogP contribution is 2.32. The summed E-state index contributed by atoms with van der Waals surface area (Å²) in [5.41, 5.74) is 0. The number of esters is 1. The second kappa shape index (κ2) is 6.63. The number of aliphatic hydroxyl groups excluding tert-OH is 1. The molecule has 3 fully saturated rings. The van der Waals surface area contributed by atoms with Crippen molar-refractivity contribution in [2.45, 2.75) is 56.7 Å². The van der Waals surface area contributed by atoms with Crippen LogP contribution in [0.15, 0.2) is 0 Å². The minimum Gasteiger partial charge on any atom is -0.469 e. The van der Waals surface area contributed by atoms with Crippen molar-refractivity contribution in [3.63, 3.8) is 0 Å². The van der Waals surface area contributed by atoms with Crippen LogP contribution in [0, 0.1) is 5.92 Å². The summed E-state index contributed by atoms with van der Waals surface area (Å²) >= 11 is 0. The molecule has 1 saturated heterocycles. The van der Waals surface area contributed by atoms with Crippen LogP contribution in [0.25, 0.3) is 0 Å². The molecule has 0 amide bonds. The van der Waals surface area contributed by atoms with Crippen LogP contribution in [0.4, 0.5) is 0 Å². The molecule has 0 spiro atoms. The quantitative estimate of drug-likeness (QED) is 0.783. The smallest absolute Gasteiger partial charge is 0.308 e. The summed E-state index contributed by atoms with van der Waals surface area (Å²) in [5, 5.41) is 10.3. The molecule has 3 aliphatic rings. The van der Waals surface area contributed by atoms with Crippen molar-refractivity contribution < 1.29 is 14.6 Å². The van der Waals surface area contributed by atoms with E-state index in [0.717, 1.165) is 38.6 Å². The van der Waals surface area contributed by atoms with Crippen molar-refractivity contribution >= 4 is 5.97 Å². The molecule has 0 unspecified atom stereocenters. The average Bonchev–Trinajstić information content (AvgIpc) is 3.16. The van der Waals surface area contributed by atoms with Crippen LogP contribution in [-0.4, -0.2) is 72.4 Å². The fraction of sp³-hybridized carbons (Fsp3) is 0.938. The van der Waals surface area contributed by atoms with Crippen LogP contribution in [0.2, 0.25) is 0 Å². The van der Waals surface area contributed by atoms with Gasteiger partial charge in [-0.15, -0.1) is 0 Å². The Morgan fingerprint density at radius 3 is 2.29 bits per heavy atom. The molecule has 5 heteroatoms. The maximum Gasteiger partial charge on any atom is 0.308 e. The predicted octanol–water partition coefficient (Wildman–Crippen LogP) is 0.859. The molecule has 0 aromatic carbocycles. The third-order valence-corrected chi connectivity index (χ3v) is 5.69. The highest BCUT2D eigenvalue weighted by atomic mass is 16.5. The Bertz CT molecular complexity index is 363. The number of hydrogen-bond acceptors (Lipinski definition) is 5. The summed E-state index contributed by atoms with van der Waals surface area (Å²) in [6.07, 6.45) is 6.40. The maximum absolute atomic E-state index is 11.7. The third-order valence-electron chi connectivity index (χ3n) is 5.69. The third kappa shape index (κ3) is 3.25. The zero-order chi connectivity index (χ0) is 14.8. The minimum atomic E-state index is -0.382. The summed E-state index contributed by atoms with van der Waals surface area (Å²) in [6, 6.07) is 0.934. The van der Waals surface area contributed by atoms with Gasteiger partial charge in [-0.1, -0.05) is 12.8 Å². The molecule has 1 N–H and O–H groups in total. The van der Waals surface area contributed by atoms with Gasteiger partial charge in [-0.25, -0.2) is 0 Å². The van der Waals surface area contributed by atoms with E-state index in [-0.39, 0.29) is 24.0 Å². The van der Waals surface area contributed by atoms with E-state index in [2.05, 4.69) is 9.80 Å². The molecule has 0 bridgehead atoms. The number of carbonyl (C=O) groups is 1. The van der Waals surface area contributed by atoms with Crippen molar-refractivity contribution in [3.8, 4) is 0 Å². The van der Waals surface area contributed by atoms with Gasteiger partial charge in [-0.05, 0) is 25.7 Å². The van der Waals surface area contributed by atoms with E-state index in [0.29, 0.717) is 6.42 Å². The van der Waals surface area contributed by atoms with Gasteiger partial charge in [0.2, 0.25) is 0 Å². The number of ether oxygens (including phenoxy) is 1. The van der Waals surface area contributed by atoms with Gasteiger partial charge < -0.3 is 9.84 Å². The molecule has 3 rings (SSSR count). The molecule has 0 aromatic heterocycles. The van der Waals surface area contributed by atoms with Crippen LogP contribution in [0.3, 0.4) is 0 Å². The van der Waals surface area contributed by atoms with Crippen molar-refractivity contribution in [1.29, 1.82) is 0 Å². The molecule has 1 heterocycles. The first-order valence-corrected chi connectivity index (χ1v) is 8.43. The Labute approximate surface area is 127 Å². The normalized spacial score (nSPS) is 36.2. The molecule has 2 saturated carbocycles. The van der Waals surface area contributed by atoms with Gasteiger partial charge in [0.15, 0.2) is 0 Å². The number of hydrogen-bond donors (Lipinski definition) is 1. The summed E-state index contributed by atoms with van der Waals surface area (Å²) < 4.78 is 4.83. The Balaban J connectivity index is 1.51. The van der Waals surface area contributed by atoms with Gasteiger partial charge in [0.1, 0.15) is 0 Å². The SMILES string of the molecule is COC(=O)[C@@H]1C[C@@H](O)[C@@H](N2CCN(C3CCCC3)CC2)C1. The zero-order valence-corrected chi connectivity index (χ0v) is 13.0. The van der Waals surface area contributed by atoms with Gasteiger partial charge in [-0.2, -0.15) is 0 Å². The van der Waals surface area contributed by atoms with E-state index in [4.69, 9.17) is 4.74 Å². The van der Waals surface area contributed by atoms with Crippen LogP contribution in [0.1, 0.15) is 38.5 Å². The molecular formula is C16H28N2O3. The lowest BCUT2D eigenvalue weighted by Gasteiger charge is -2.41. The standard InChI is InChI=1S/C16H28N2O3/c1-21-16(20)12-10-14(15(19)11-12)18-8-6-17(7-9-18)13-4-2-3-5-13/h12-15,19H,2-11H2,1H3/t12-,14-,15+/m0/s1. The zero-order valence-electron chi connectivity index (χ0n) is 13.0. The number of carbonyl (C=O) groups excluding carboxylic acids is 1. The molecule has 2 aliphatic carbocycles. The number of piperazine rings is 1. The summed E-state index contributed by atoms with van der Waals surface area (Å²) in [4.78, 5) is 16.7. The molecule has 0 aromatic rings. The maximum atomic E-state index is 11.7. The Morgan fingerprint density at radius 1 is 1.05 bits per heavy atom. The first-order chi connectivity index (χ1) is 10.2. The minimum absolute atomic E-state index is 0.122. The van der Waals surface area contributed by atoms with Crippen LogP contribution >= 0.6 is 0 Å². The lowest BCUT2D eigenvalue weighted by atomic mass is 10.1. The fourth-order valence-corrected chi connectivity index (χ4v) is 4.45. The number of rotatable bonds is 3. The van der Waals surface area contributed by atoms with E-state index in [1.807, 2.05) is 0 Å². The second-order valence-electron chi connectivity index (χ2n) is 6.84. The average molecular weight is 296 g/mol. The van der Waals surface area contributed by atoms with E-state index in [9.17, 15) is 9.90 Å². The van der Waals surface area contributed by atoms with Crippen molar-refractivity contribution in [2.24, 2.45) is 5.92 Å². The highest BCUT2D eigenvalue weighted by Gasteiger charge is 2.41. The molecule has 1 aliphatic heterocycles. The van der Waals surface area contributed by atoms with Crippen LogP contribution < -0.4 is 0 Å². The van der Waals surface area contributed by atoms with Gasteiger partial charge in [-0.3, -0.25) is 14.6 Å². The molecule has 120 valence electrons. The predicted molar refractivity (Wildman–Crippen MR) is 79.9 cm³/mol. The molecule has 0 radical (unpaired) electrons. The van der Waals surface area contributed by atoms with Gasteiger partial charge >= 0.3 is 5.97 Å². The Morgan fingerprint density at radius 2 is 1.67 bits per heavy atom. The van der Waals surface area contributed by atoms with E-state index in [1.165, 1.54) is 32.8 Å². The number of aliphatic hydroxyl groups is 1. The van der Waals surface area contributed by atoms with Crippen LogP contribution in [-0.2, 0) is 9.53 Å². The monoisotopic (exact) mass is 296 g/mol. The van der Waals surface area contributed by atoms with E-state index < -0.39 is 0 Å². The second-order valence-corrected chi connectivity index (χ2v) is 6.84. The van der Waals surface area contributed by atoms with E-state index >= 15 is 0 Å². The summed E-state index contributed by atoms with van der Waals surface area (Å²) in [5.74, 6) is -0.288. The fourth-order valence-electron chi connectivity index (χ4n) is 4.45. The van der Waals surface area contributed by atoms with Crippen LogP contribution in [0.5, 0.6) is 0 Å². The first kappa shape index (κ1) is 15.3. The van der Waals surface area contributed by atoms with E-state index in [1.54, 1.807) is 0 Å². The topological polar surface area (TPSA) is 53.0 Å². The highest BCUT2D eigenvalue weighted by molar-refractivity contribution is 5.72. The molecule has 21 heavy (non-hydrogen) atoms. The lowest BCUT2D eigenvalue weighted by molar-refractivity contribution is -0.145. The van der Waals surface area contributed by atoms with Crippen molar-refractivity contribution in [1.82, 2.24) is 9.80 Å².